The summed E-state index contributed by atoms with van der Waals surface area (Å²) in [6.07, 6.45) is 0.880. The molecule has 34 heavy (non-hydrogen) atoms. The molecule has 3 aromatic rings. The zero-order valence-electron chi connectivity index (χ0n) is 17.8. The van der Waals surface area contributed by atoms with Gasteiger partial charge in [0.2, 0.25) is 0 Å². The van der Waals surface area contributed by atoms with Gasteiger partial charge >= 0.3 is 6.09 Å². The number of nitrogens with zero attached hydrogens (tertiary/aromatic N) is 5. The molecule has 7 nitrogen and oxygen atoms in total. The van der Waals surface area contributed by atoms with Crippen LogP contribution < -0.4 is 4.90 Å². The Morgan fingerprint density at radius 1 is 1.29 bits per heavy atom. The first-order valence-corrected chi connectivity index (χ1v) is 11.6. The zero-order valence-corrected chi connectivity index (χ0v) is 20.2. The third kappa shape index (κ3) is 4.63. The summed E-state index contributed by atoms with van der Waals surface area (Å²) in [5.41, 5.74) is 1.66. The number of hydrogen-bond donors (Lipinski definition) is 0. The first-order chi connectivity index (χ1) is 16.4. The summed E-state index contributed by atoms with van der Waals surface area (Å²) in [5, 5.41) is 19.6. The summed E-state index contributed by atoms with van der Waals surface area (Å²) >= 11 is 9.32. The van der Waals surface area contributed by atoms with Crippen molar-refractivity contribution in [2.24, 2.45) is 0 Å². The van der Waals surface area contributed by atoms with Crippen LogP contribution in [0.3, 0.4) is 0 Å². The lowest BCUT2D eigenvalue weighted by Crippen LogP contribution is -2.55. The fraction of sp³-hybridized carbons (Fsp3) is 0.250. The van der Waals surface area contributed by atoms with E-state index in [4.69, 9.17) is 16.3 Å². The average Bonchev–Trinajstić information content (AvgIpc) is 2.86. The van der Waals surface area contributed by atoms with Gasteiger partial charge in [-0.3, -0.25) is 4.98 Å². The largest absolute Gasteiger partial charge is 0.445 e. The number of anilines is 1. The number of carbonyl (C=O) groups is 1. The van der Waals surface area contributed by atoms with Gasteiger partial charge in [0.05, 0.1) is 39.3 Å². The van der Waals surface area contributed by atoms with Crippen molar-refractivity contribution in [3.63, 3.8) is 0 Å². The second-order valence-electron chi connectivity index (χ2n) is 7.71. The Morgan fingerprint density at radius 3 is 2.76 bits per heavy atom. The van der Waals surface area contributed by atoms with E-state index in [1.807, 2.05) is 35.2 Å². The van der Waals surface area contributed by atoms with Crippen LogP contribution in [0.1, 0.15) is 17.5 Å². The van der Waals surface area contributed by atoms with Gasteiger partial charge in [-0.25, -0.2) is 9.18 Å². The Hall–Kier alpha value is -3.40. The zero-order chi connectivity index (χ0) is 24.2. The summed E-state index contributed by atoms with van der Waals surface area (Å²) in [6, 6.07) is 14.6. The fourth-order valence-corrected chi connectivity index (χ4v) is 4.53. The number of hydrogen-bond acceptors (Lipinski definition) is 6. The van der Waals surface area contributed by atoms with E-state index >= 15 is 0 Å². The van der Waals surface area contributed by atoms with E-state index in [0.717, 1.165) is 5.56 Å². The molecule has 0 saturated carbocycles. The van der Waals surface area contributed by atoms with Crippen LogP contribution in [0, 0.1) is 28.5 Å². The Bertz CT molecular complexity index is 1330. The molecular weight excluding hydrogens is 525 g/mol. The maximum absolute atomic E-state index is 14.8. The number of aromatic nitrogens is 1. The highest BCUT2D eigenvalue weighted by Gasteiger charge is 2.33. The van der Waals surface area contributed by atoms with Crippen LogP contribution in [0.2, 0.25) is 5.02 Å². The SMILES string of the molecule is N#CCC1CN(c2c(C#N)cnc3c(F)c(Br)c(Cl)cc23)CCN1C(=O)OCc1ccccc1. The molecular formula is C24H18BrClFN5O2. The second-order valence-corrected chi connectivity index (χ2v) is 8.91. The summed E-state index contributed by atoms with van der Waals surface area (Å²) in [7, 11) is 0. The predicted octanol–water partition coefficient (Wildman–Crippen LogP) is 5.40. The summed E-state index contributed by atoms with van der Waals surface area (Å²) < 4.78 is 20.4. The molecule has 2 heterocycles. The Balaban J connectivity index is 1.62. The molecule has 4 rings (SSSR count). The third-order valence-electron chi connectivity index (χ3n) is 5.66. The minimum absolute atomic E-state index is 0.0719. The molecule has 2 aromatic carbocycles. The lowest BCUT2D eigenvalue weighted by molar-refractivity contribution is 0.0769. The predicted molar refractivity (Wildman–Crippen MR) is 129 cm³/mol. The van der Waals surface area contributed by atoms with Crippen LogP contribution in [-0.4, -0.2) is 41.7 Å². The maximum atomic E-state index is 14.8. The standard InChI is InChI=1S/C24H18BrClFN5O2/c25-20-19(26)10-18-22(21(20)27)30-12-16(11-29)23(18)31-8-9-32(17(13-31)6-7-28)24(33)34-14-15-4-2-1-3-5-15/h1-5,10,12,17H,6,8-9,13-14H2. The van der Waals surface area contributed by atoms with Crippen LogP contribution in [0.25, 0.3) is 10.9 Å². The van der Waals surface area contributed by atoms with E-state index in [1.165, 1.54) is 11.1 Å². The van der Waals surface area contributed by atoms with Crippen molar-refractivity contribution in [1.29, 1.82) is 10.5 Å². The smallest absolute Gasteiger partial charge is 0.410 e. The van der Waals surface area contributed by atoms with Crippen LogP contribution in [0.15, 0.2) is 47.1 Å². The first-order valence-electron chi connectivity index (χ1n) is 10.4. The van der Waals surface area contributed by atoms with E-state index in [-0.39, 0.29) is 46.7 Å². The number of pyridine rings is 1. The minimum atomic E-state index is -0.620. The van der Waals surface area contributed by atoms with Gasteiger partial charge in [-0.1, -0.05) is 41.9 Å². The van der Waals surface area contributed by atoms with Gasteiger partial charge in [0.15, 0.2) is 5.82 Å². The van der Waals surface area contributed by atoms with E-state index in [2.05, 4.69) is 33.1 Å². The molecule has 1 aliphatic heterocycles. The number of nitriles is 2. The van der Waals surface area contributed by atoms with E-state index in [1.54, 1.807) is 6.07 Å². The summed E-state index contributed by atoms with van der Waals surface area (Å²) in [4.78, 5) is 20.3. The molecule has 0 spiro atoms. The summed E-state index contributed by atoms with van der Waals surface area (Å²) in [5.74, 6) is -0.620. The van der Waals surface area contributed by atoms with E-state index in [9.17, 15) is 19.7 Å². The molecule has 0 bridgehead atoms. The fourth-order valence-electron chi connectivity index (χ4n) is 4.03. The van der Waals surface area contributed by atoms with Crippen LogP contribution in [0.4, 0.5) is 14.9 Å². The van der Waals surface area contributed by atoms with Crippen molar-refractivity contribution in [3.05, 3.63) is 69.0 Å². The van der Waals surface area contributed by atoms with Crippen molar-refractivity contribution in [3.8, 4) is 12.1 Å². The topological polar surface area (TPSA) is 93.3 Å². The lowest BCUT2D eigenvalue weighted by atomic mass is 10.0. The Morgan fingerprint density at radius 2 is 2.06 bits per heavy atom. The van der Waals surface area contributed by atoms with Crippen molar-refractivity contribution in [2.75, 3.05) is 24.5 Å². The molecule has 172 valence electrons. The third-order valence-corrected chi connectivity index (χ3v) is 6.96. The molecule has 1 aromatic heterocycles. The number of carbonyl (C=O) groups excluding carboxylic acids is 1. The Labute approximate surface area is 209 Å². The number of ether oxygens (including phenoxy) is 1. The highest BCUT2D eigenvalue weighted by atomic mass is 79.9. The Kier molecular flexibility index (Phi) is 7.16. The van der Waals surface area contributed by atoms with E-state index in [0.29, 0.717) is 17.6 Å². The molecule has 0 radical (unpaired) electrons. The summed E-state index contributed by atoms with van der Waals surface area (Å²) in [6.45, 7) is 1.00. The van der Waals surface area contributed by atoms with Crippen LogP contribution >= 0.6 is 27.5 Å². The molecule has 10 heteroatoms. The average molecular weight is 543 g/mol. The number of piperazine rings is 1. The first kappa shape index (κ1) is 23.7. The van der Waals surface area contributed by atoms with Gasteiger partial charge in [-0.15, -0.1) is 0 Å². The molecule has 1 unspecified atom stereocenters. The van der Waals surface area contributed by atoms with Crippen molar-refractivity contribution < 1.29 is 13.9 Å². The molecule has 0 aliphatic carbocycles. The molecule has 1 aliphatic rings. The van der Waals surface area contributed by atoms with Gasteiger partial charge in [0.25, 0.3) is 0 Å². The lowest BCUT2D eigenvalue weighted by Gasteiger charge is -2.41. The normalized spacial score (nSPS) is 15.6. The monoisotopic (exact) mass is 541 g/mol. The highest BCUT2D eigenvalue weighted by Crippen LogP contribution is 2.38. The van der Waals surface area contributed by atoms with Crippen molar-refractivity contribution >= 4 is 50.2 Å². The molecule has 1 fully saturated rings. The number of amides is 1. The number of rotatable bonds is 4. The van der Waals surface area contributed by atoms with E-state index < -0.39 is 18.0 Å². The molecule has 0 N–H and O–H groups in total. The maximum Gasteiger partial charge on any atom is 0.410 e. The highest BCUT2D eigenvalue weighted by molar-refractivity contribution is 9.10. The molecule has 1 amide bonds. The van der Waals surface area contributed by atoms with Crippen LogP contribution in [0.5, 0.6) is 0 Å². The molecule has 1 saturated heterocycles. The molecule has 1 atom stereocenters. The number of fused-ring (bicyclic) bond motifs is 1. The minimum Gasteiger partial charge on any atom is -0.445 e. The van der Waals surface area contributed by atoms with Crippen molar-refractivity contribution in [1.82, 2.24) is 9.88 Å². The quantitative estimate of drug-likeness (QED) is 0.410. The van der Waals surface area contributed by atoms with Gasteiger partial charge in [0.1, 0.15) is 18.2 Å². The van der Waals surface area contributed by atoms with Crippen molar-refractivity contribution in [2.45, 2.75) is 19.1 Å². The number of benzene rings is 2. The second kappa shape index (κ2) is 10.3. The van der Waals surface area contributed by atoms with Gasteiger partial charge in [-0.2, -0.15) is 10.5 Å². The van der Waals surface area contributed by atoms with Gasteiger partial charge < -0.3 is 14.5 Å². The van der Waals surface area contributed by atoms with Gasteiger partial charge in [-0.05, 0) is 27.6 Å². The number of halogens is 3. The van der Waals surface area contributed by atoms with Gasteiger partial charge in [0, 0.05) is 31.2 Å². The van der Waals surface area contributed by atoms with Crippen LogP contribution in [-0.2, 0) is 11.3 Å².